The Kier molecular flexibility index (Phi) is 9.97. The molecular formula is C46H32N2O4. The minimum atomic E-state index is -0.113. The number of ether oxygens (including phenoxy) is 2. The van der Waals surface area contributed by atoms with Crippen LogP contribution in [0.3, 0.4) is 0 Å². The molecule has 2 heterocycles. The first kappa shape index (κ1) is 33.7. The molecule has 5 aromatic rings. The van der Waals surface area contributed by atoms with Crippen LogP contribution in [0.2, 0.25) is 0 Å². The third kappa shape index (κ3) is 9.25. The van der Waals surface area contributed by atoms with Gasteiger partial charge in [0.1, 0.15) is 12.2 Å². The average Bonchev–Trinajstić information content (AvgIpc) is 4.08. The number of rotatable bonds is 4. The van der Waals surface area contributed by atoms with Crippen molar-refractivity contribution < 1.29 is 19.1 Å². The summed E-state index contributed by atoms with van der Waals surface area (Å²) < 4.78 is 11.0. The van der Waals surface area contributed by atoms with Gasteiger partial charge in [0.05, 0.1) is 13.2 Å². The van der Waals surface area contributed by atoms with Crippen molar-refractivity contribution in [1.29, 1.82) is 0 Å². The minimum absolute atomic E-state index is 0.0217. The SMILES string of the molecule is CC(=O)Nc1ccc(C#Cc2ccc(C#Cc3ccc(C#Cc4ccc(C#Cc5ccc(NC(C)=O)cc5C5CO5)cc4)cc3)cc2)c(C2CO2)c1. The molecule has 2 amide bonds. The third-order valence-corrected chi connectivity index (χ3v) is 8.14. The number of epoxide rings is 2. The highest BCUT2D eigenvalue weighted by atomic mass is 16.6. The van der Waals surface area contributed by atoms with Crippen molar-refractivity contribution in [2.75, 3.05) is 23.8 Å². The van der Waals surface area contributed by atoms with Gasteiger partial charge in [-0.3, -0.25) is 9.59 Å². The van der Waals surface area contributed by atoms with Gasteiger partial charge in [-0.15, -0.1) is 0 Å². The van der Waals surface area contributed by atoms with Gasteiger partial charge < -0.3 is 20.1 Å². The van der Waals surface area contributed by atoms with Gasteiger partial charge in [-0.1, -0.05) is 47.4 Å². The summed E-state index contributed by atoms with van der Waals surface area (Å²) in [5, 5.41) is 5.63. The van der Waals surface area contributed by atoms with Gasteiger partial charge in [-0.2, -0.15) is 0 Å². The summed E-state index contributed by atoms with van der Waals surface area (Å²) in [6.07, 6.45) is 0.0433. The molecule has 52 heavy (non-hydrogen) atoms. The van der Waals surface area contributed by atoms with E-state index in [2.05, 4.69) is 58.0 Å². The lowest BCUT2D eigenvalue weighted by atomic mass is 10.0. The van der Waals surface area contributed by atoms with Crippen molar-refractivity contribution in [2.45, 2.75) is 26.1 Å². The van der Waals surface area contributed by atoms with E-state index < -0.39 is 0 Å². The van der Waals surface area contributed by atoms with Crippen molar-refractivity contribution in [3.05, 3.63) is 165 Å². The monoisotopic (exact) mass is 676 g/mol. The molecule has 2 N–H and O–H groups in total. The van der Waals surface area contributed by atoms with E-state index in [-0.39, 0.29) is 24.0 Å². The number of nitrogens with one attached hydrogen (secondary N) is 2. The summed E-state index contributed by atoms with van der Waals surface area (Å²) in [6, 6.07) is 35.0. The minimum Gasteiger partial charge on any atom is -0.368 e. The molecule has 2 fully saturated rings. The van der Waals surface area contributed by atoms with E-state index >= 15 is 0 Å². The van der Waals surface area contributed by atoms with Crippen molar-refractivity contribution in [1.82, 2.24) is 0 Å². The van der Waals surface area contributed by atoms with Crippen molar-refractivity contribution in [2.24, 2.45) is 0 Å². The zero-order valence-corrected chi connectivity index (χ0v) is 28.6. The van der Waals surface area contributed by atoms with Crippen LogP contribution >= 0.6 is 0 Å². The molecule has 2 unspecified atom stereocenters. The predicted octanol–water partition coefficient (Wildman–Crippen LogP) is 7.35. The second-order valence-corrected chi connectivity index (χ2v) is 12.3. The average molecular weight is 677 g/mol. The summed E-state index contributed by atoms with van der Waals surface area (Å²) in [4.78, 5) is 22.9. The number of hydrogen-bond donors (Lipinski definition) is 2. The normalized spacial score (nSPS) is 14.7. The van der Waals surface area contributed by atoms with Gasteiger partial charge in [0, 0.05) is 80.9 Å². The lowest BCUT2D eigenvalue weighted by Gasteiger charge is -2.06. The van der Waals surface area contributed by atoms with Gasteiger partial charge in [0.25, 0.3) is 0 Å². The largest absolute Gasteiger partial charge is 0.368 e. The Bertz CT molecular complexity index is 2250. The summed E-state index contributed by atoms with van der Waals surface area (Å²) in [5.41, 5.74) is 10.6. The molecule has 0 aliphatic carbocycles. The van der Waals surface area contributed by atoms with Crippen LogP contribution in [0.1, 0.15) is 81.7 Å². The van der Waals surface area contributed by atoms with Crippen molar-refractivity contribution >= 4 is 23.2 Å². The maximum atomic E-state index is 11.4. The maximum absolute atomic E-state index is 11.4. The number of hydrogen-bond acceptors (Lipinski definition) is 4. The summed E-state index contributed by atoms with van der Waals surface area (Å²) >= 11 is 0. The van der Waals surface area contributed by atoms with Gasteiger partial charge in [-0.25, -0.2) is 0 Å². The first-order chi connectivity index (χ1) is 25.3. The highest BCUT2D eigenvalue weighted by Crippen LogP contribution is 2.35. The van der Waals surface area contributed by atoms with Crippen LogP contribution < -0.4 is 10.6 Å². The highest BCUT2D eigenvalue weighted by molar-refractivity contribution is 5.89. The van der Waals surface area contributed by atoms with Crippen LogP contribution in [-0.2, 0) is 19.1 Å². The Labute approximate surface area is 303 Å². The van der Waals surface area contributed by atoms with E-state index in [1.54, 1.807) is 0 Å². The van der Waals surface area contributed by atoms with Crippen LogP contribution in [0.25, 0.3) is 0 Å². The van der Waals surface area contributed by atoms with E-state index in [0.29, 0.717) is 13.2 Å². The fourth-order valence-corrected chi connectivity index (χ4v) is 5.38. The second kappa shape index (κ2) is 15.4. The first-order valence-corrected chi connectivity index (χ1v) is 16.8. The Morgan fingerprint density at radius 3 is 0.981 bits per heavy atom. The molecule has 0 radical (unpaired) electrons. The van der Waals surface area contributed by atoms with Crippen LogP contribution in [0.15, 0.2) is 109 Å². The fourth-order valence-electron chi connectivity index (χ4n) is 5.38. The van der Waals surface area contributed by atoms with E-state index in [1.165, 1.54) is 13.8 Å². The Hall–Kier alpha value is -6.80. The molecule has 0 saturated carbocycles. The molecule has 250 valence electrons. The van der Waals surface area contributed by atoms with Crippen molar-refractivity contribution in [3.8, 4) is 47.4 Å². The molecule has 2 aliphatic heterocycles. The van der Waals surface area contributed by atoms with Crippen LogP contribution in [-0.4, -0.2) is 25.0 Å². The quantitative estimate of drug-likeness (QED) is 0.154. The number of amides is 2. The molecule has 0 aromatic heterocycles. The van der Waals surface area contributed by atoms with Crippen molar-refractivity contribution in [3.63, 3.8) is 0 Å². The molecule has 6 nitrogen and oxygen atoms in total. The number of carbonyl (C=O) groups excluding carboxylic acids is 2. The number of carbonyl (C=O) groups is 2. The smallest absolute Gasteiger partial charge is 0.221 e. The second-order valence-electron chi connectivity index (χ2n) is 12.3. The van der Waals surface area contributed by atoms with Crippen LogP contribution in [0.4, 0.5) is 11.4 Å². The maximum Gasteiger partial charge on any atom is 0.221 e. The zero-order valence-electron chi connectivity index (χ0n) is 28.6. The molecule has 5 aromatic carbocycles. The molecule has 0 bridgehead atoms. The van der Waals surface area contributed by atoms with E-state index in [9.17, 15) is 9.59 Å². The predicted molar refractivity (Wildman–Crippen MR) is 202 cm³/mol. The third-order valence-electron chi connectivity index (χ3n) is 8.14. The van der Waals surface area contributed by atoms with E-state index in [0.717, 1.165) is 67.0 Å². The highest BCUT2D eigenvalue weighted by Gasteiger charge is 2.28. The molecule has 7 rings (SSSR count). The first-order valence-electron chi connectivity index (χ1n) is 16.8. The van der Waals surface area contributed by atoms with Crippen LogP contribution in [0, 0.1) is 47.4 Å². The lowest BCUT2D eigenvalue weighted by molar-refractivity contribution is -0.115. The standard InChI is InChI=1S/C46H32N2O4/c1-31(49)47-41-25-23-39(43(27-41)45-29-51-45)21-19-37-15-11-35(12-16-37)9-7-33-3-5-34(6-4-33)8-10-36-13-17-38(18-14-36)20-22-40-24-26-42(48-32(2)50)28-44(40)46-30-52-46/h3-6,11-18,23-28,45-46H,29-30H2,1-2H3,(H,47,49)(H,48,50). The fraction of sp³-hybridized carbons (Fsp3) is 0.130. The van der Waals surface area contributed by atoms with E-state index in [4.69, 9.17) is 9.47 Å². The number of anilines is 2. The lowest BCUT2D eigenvalue weighted by Crippen LogP contribution is -2.06. The number of benzene rings is 5. The summed E-state index contributed by atoms with van der Waals surface area (Å²) in [7, 11) is 0. The zero-order chi connectivity index (χ0) is 35.9. The van der Waals surface area contributed by atoms with Crippen LogP contribution in [0.5, 0.6) is 0 Å². The Morgan fingerprint density at radius 2 is 0.731 bits per heavy atom. The molecule has 6 heteroatoms. The Balaban J connectivity index is 0.952. The summed E-state index contributed by atoms with van der Waals surface area (Å²) in [6.45, 7) is 4.30. The van der Waals surface area contributed by atoms with Gasteiger partial charge >= 0.3 is 0 Å². The van der Waals surface area contributed by atoms with Gasteiger partial charge in [0.2, 0.25) is 11.8 Å². The topological polar surface area (TPSA) is 83.3 Å². The molecule has 2 atom stereocenters. The molecule has 2 saturated heterocycles. The Morgan fingerprint density at radius 1 is 0.462 bits per heavy atom. The molecule has 2 aliphatic rings. The van der Waals surface area contributed by atoms with E-state index in [1.807, 2.05) is 109 Å². The molecule has 0 spiro atoms. The summed E-state index contributed by atoms with van der Waals surface area (Å²) in [5.74, 6) is 25.6. The van der Waals surface area contributed by atoms with Gasteiger partial charge in [-0.05, 0) is 109 Å². The molecular weight excluding hydrogens is 645 g/mol. The van der Waals surface area contributed by atoms with Gasteiger partial charge in [0.15, 0.2) is 0 Å².